The molecule has 1 rings (SSSR count). The average Bonchev–Trinajstić information content (AvgIpc) is 2.33. The lowest BCUT2D eigenvalue weighted by Crippen LogP contribution is -2.25. The fourth-order valence-electron chi connectivity index (χ4n) is 1.57. The summed E-state index contributed by atoms with van der Waals surface area (Å²) in [6, 6.07) is 4.64. The third-order valence-electron chi connectivity index (χ3n) is 2.56. The van der Waals surface area contributed by atoms with Crippen LogP contribution in [-0.2, 0) is 14.8 Å². The molecule has 3 N–H and O–H groups in total. The number of nitrogens with two attached hydrogens (primary N) is 1. The van der Waals surface area contributed by atoms with Gasteiger partial charge in [-0.1, -0.05) is 0 Å². The van der Waals surface area contributed by atoms with E-state index in [2.05, 4.69) is 20.7 Å². The molecule has 0 saturated heterocycles. The van der Waals surface area contributed by atoms with Crippen LogP contribution < -0.4 is 10.5 Å². The van der Waals surface area contributed by atoms with Crippen LogP contribution in [0.3, 0.4) is 0 Å². The normalized spacial score (nSPS) is 11.7. The van der Waals surface area contributed by atoms with Crippen molar-refractivity contribution in [3.05, 3.63) is 22.7 Å². The van der Waals surface area contributed by atoms with Crippen LogP contribution in [-0.4, -0.2) is 28.7 Å². The van der Waals surface area contributed by atoms with E-state index in [1.807, 2.05) is 0 Å². The highest BCUT2D eigenvalue weighted by atomic mass is 79.9. The minimum Gasteiger partial charge on any atom is -0.399 e. The molecule has 5 nitrogen and oxygen atoms in total. The number of ether oxygens (including phenoxy) is 1. The van der Waals surface area contributed by atoms with Gasteiger partial charge in [-0.25, -0.2) is 13.1 Å². The molecule has 0 aliphatic carbocycles. The van der Waals surface area contributed by atoms with Crippen LogP contribution >= 0.6 is 15.9 Å². The van der Waals surface area contributed by atoms with Gasteiger partial charge in [0.05, 0.1) is 4.90 Å². The van der Waals surface area contributed by atoms with Gasteiger partial charge in [0.1, 0.15) is 0 Å². The number of hydrogen-bond donors (Lipinski definition) is 2. The quantitative estimate of drug-likeness (QED) is 0.555. The van der Waals surface area contributed by atoms with Gasteiger partial charge < -0.3 is 10.5 Å². The predicted octanol–water partition coefficient (Wildman–Crippen LogP) is 2.13. The van der Waals surface area contributed by atoms with Crippen LogP contribution in [0.1, 0.15) is 19.3 Å². The molecule has 1 aromatic carbocycles. The fourth-order valence-corrected chi connectivity index (χ4v) is 3.73. The molecule has 0 aliphatic heterocycles. The molecule has 19 heavy (non-hydrogen) atoms. The van der Waals surface area contributed by atoms with Crippen molar-refractivity contribution in [2.75, 3.05) is 26.0 Å². The second-order valence-corrected chi connectivity index (χ2v) is 6.73. The van der Waals surface area contributed by atoms with Gasteiger partial charge >= 0.3 is 0 Å². The van der Waals surface area contributed by atoms with Crippen molar-refractivity contribution >= 4 is 31.6 Å². The Labute approximate surface area is 122 Å². The van der Waals surface area contributed by atoms with Crippen LogP contribution in [0.4, 0.5) is 5.69 Å². The lowest BCUT2D eigenvalue weighted by molar-refractivity contribution is 0.192. The summed E-state index contributed by atoms with van der Waals surface area (Å²) in [6.45, 7) is 1.12. The summed E-state index contributed by atoms with van der Waals surface area (Å²) in [6.07, 6.45) is 2.65. The largest absolute Gasteiger partial charge is 0.399 e. The molecule has 0 bridgehead atoms. The van der Waals surface area contributed by atoms with E-state index in [-0.39, 0.29) is 4.90 Å². The third kappa shape index (κ3) is 5.48. The summed E-state index contributed by atoms with van der Waals surface area (Å²) in [5.74, 6) is 0. The van der Waals surface area contributed by atoms with Gasteiger partial charge in [-0.05, 0) is 53.4 Å². The molecule has 0 atom stereocenters. The second-order valence-electron chi connectivity index (χ2n) is 4.14. The summed E-state index contributed by atoms with van der Waals surface area (Å²) in [4.78, 5) is 0.207. The van der Waals surface area contributed by atoms with Gasteiger partial charge in [0.15, 0.2) is 0 Å². The van der Waals surface area contributed by atoms with Gasteiger partial charge in [-0.15, -0.1) is 0 Å². The standard InChI is InChI=1S/C12H19BrN2O3S/c1-18-8-4-2-3-7-15-19(16,17)12-6-5-10(14)9-11(12)13/h5-6,9,15H,2-4,7-8,14H2,1H3. The van der Waals surface area contributed by atoms with Crippen molar-refractivity contribution in [2.24, 2.45) is 0 Å². The van der Waals surface area contributed by atoms with E-state index in [9.17, 15) is 8.42 Å². The van der Waals surface area contributed by atoms with Crippen molar-refractivity contribution in [2.45, 2.75) is 24.2 Å². The molecule has 7 heteroatoms. The van der Waals surface area contributed by atoms with Crippen LogP contribution in [0.2, 0.25) is 0 Å². The van der Waals surface area contributed by atoms with Gasteiger partial charge in [0, 0.05) is 30.4 Å². The van der Waals surface area contributed by atoms with Crippen LogP contribution in [0.5, 0.6) is 0 Å². The zero-order valence-electron chi connectivity index (χ0n) is 10.9. The van der Waals surface area contributed by atoms with E-state index in [0.29, 0.717) is 23.3 Å². The van der Waals surface area contributed by atoms with Crippen molar-refractivity contribution in [1.29, 1.82) is 0 Å². The fraction of sp³-hybridized carbons (Fsp3) is 0.500. The van der Waals surface area contributed by atoms with E-state index >= 15 is 0 Å². The SMILES string of the molecule is COCCCCCNS(=O)(=O)c1ccc(N)cc1Br. The monoisotopic (exact) mass is 350 g/mol. The van der Waals surface area contributed by atoms with E-state index in [1.54, 1.807) is 19.2 Å². The molecule has 0 unspecified atom stereocenters. The van der Waals surface area contributed by atoms with Crippen LogP contribution in [0.25, 0.3) is 0 Å². The highest BCUT2D eigenvalue weighted by molar-refractivity contribution is 9.10. The molecule has 0 spiro atoms. The van der Waals surface area contributed by atoms with Crippen LogP contribution in [0.15, 0.2) is 27.6 Å². The van der Waals surface area contributed by atoms with E-state index < -0.39 is 10.0 Å². The third-order valence-corrected chi connectivity index (χ3v) is 5.00. The first-order valence-electron chi connectivity index (χ1n) is 6.01. The number of methoxy groups -OCH3 is 1. The van der Waals surface area contributed by atoms with E-state index in [0.717, 1.165) is 19.3 Å². The molecular formula is C12H19BrN2O3S. The number of sulfonamides is 1. The first-order chi connectivity index (χ1) is 8.97. The van der Waals surface area contributed by atoms with Gasteiger partial charge in [-0.2, -0.15) is 0 Å². The number of nitrogen functional groups attached to an aromatic ring is 1. The second kappa shape index (κ2) is 7.84. The van der Waals surface area contributed by atoms with Gasteiger partial charge in [0.25, 0.3) is 0 Å². The zero-order valence-corrected chi connectivity index (χ0v) is 13.3. The summed E-state index contributed by atoms with van der Waals surface area (Å²) >= 11 is 3.21. The number of anilines is 1. The maximum atomic E-state index is 12.0. The number of hydrogen-bond acceptors (Lipinski definition) is 4. The van der Waals surface area contributed by atoms with Crippen molar-refractivity contribution in [3.8, 4) is 0 Å². The maximum Gasteiger partial charge on any atom is 0.241 e. The molecule has 108 valence electrons. The molecule has 0 aromatic heterocycles. The molecule has 0 radical (unpaired) electrons. The minimum atomic E-state index is -3.48. The lowest BCUT2D eigenvalue weighted by Gasteiger charge is -2.09. The Hall–Kier alpha value is -0.630. The summed E-state index contributed by atoms with van der Waals surface area (Å²) < 4.78 is 32.1. The number of nitrogens with one attached hydrogen (secondary N) is 1. The first kappa shape index (κ1) is 16.4. The number of rotatable bonds is 8. The molecule has 0 amide bonds. The molecule has 0 fully saturated rings. The number of halogens is 1. The Morgan fingerprint density at radius 1 is 1.32 bits per heavy atom. The van der Waals surface area contributed by atoms with Crippen molar-refractivity contribution in [3.63, 3.8) is 0 Å². The Morgan fingerprint density at radius 3 is 2.68 bits per heavy atom. The average molecular weight is 351 g/mol. The van der Waals surface area contributed by atoms with Gasteiger partial charge in [0.2, 0.25) is 10.0 Å². The molecule has 1 aromatic rings. The molecular weight excluding hydrogens is 332 g/mol. The molecule has 0 aliphatic rings. The Morgan fingerprint density at radius 2 is 2.05 bits per heavy atom. The van der Waals surface area contributed by atoms with E-state index in [1.165, 1.54) is 6.07 Å². The van der Waals surface area contributed by atoms with Crippen LogP contribution in [0, 0.1) is 0 Å². The molecule has 0 saturated carbocycles. The Balaban J connectivity index is 2.52. The lowest BCUT2D eigenvalue weighted by atomic mass is 10.2. The molecule has 0 heterocycles. The maximum absolute atomic E-state index is 12.0. The zero-order chi connectivity index (χ0) is 14.3. The summed E-state index contributed by atoms with van der Waals surface area (Å²) in [5.41, 5.74) is 6.10. The summed E-state index contributed by atoms with van der Waals surface area (Å²) in [5, 5.41) is 0. The highest BCUT2D eigenvalue weighted by Gasteiger charge is 2.16. The Kier molecular flexibility index (Phi) is 6.78. The number of benzene rings is 1. The summed E-state index contributed by atoms with van der Waals surface area (Å²) in [7, 11) is -1.83. The highest BCUT2D eigenvalue weighted by Crippen LogP contribution is 2.23. The van der Waals surface area contributed by atoms with Crippen molar-refractivity contribution < 1.29 is 13.2 Å². The van der Waals surface area contributed by atoms with Crippen molar-refractivity contribution in [1.82, 2.24) is 4.72 Å². The Bertz CT molecular complexity index is 506. The minimum absolute atomic E-state index is 0.207. The first-order valence-corrected chi connectivity index (χ1v) is 8.28. The smallest absolute Gasteiger partial charge is 0.241 e. The topological polar surface area (TPSA) is 81.4 Å². The van der Waals surface area contributed by atoms with Gasteiger partial charge in [-0.3, -0.25) is 0 Å². The van der Waals surface area contributed by atoms with E-state index in [4.69, 9.17) is 10.5 Å². The predicted molar refractivity (Wildman–Crippen MR) is 79.5 cm³/mol. The number of unbranched alkanes of at least 4 members (excludes halogenated alkanes) is 2.